The Hall–Kier alpha value is -3.64. The van der Waals surface area contributed by atoms with Crippen molar-refractivity contribution in [1.29, 1.82) is 0 Å². The average Bonchev–Trinajstić information content (AvgIpc) is 3.51. The van der Waals surface area contributed by atoms with Crippen LogP contribution in [-0.4, -0.2) is 34.8 Å². The van der Waals surface area contributed by atoms with Gasteiger partial charge in [-0.05, 0) is 61.7 Å². The van der Waals surface area contributed by atoms with Crippen LogP contribution in [0.15, 0.2) is 72.8 Å². The zero-order valence-electron chi connectivity index (χ0n) is 19.4. The lowest BCUT2D eigenvalue weighted by molar-refractivity contribution is -0.116. The van der Waals surface area contributed by atoms with Crippen LogP contribution in [0.1, 0.15) is 30.7 Å². The molecule has 0 radical (unpaired) electrons. The molecule has 1 fully saturated rings. The van der Waals surface area contributed by atoms with E-state index in [1.807, 2.05) is 61.5 Å². The van der Waals surface area contributed by atoms with E-state index in [1.165, 1.54) is 0 Å². The third kappa shape index (κ3) is 4.97. The van der Waals surface area contributed by atoms with E-state index in [0.29, 0.717) is 30.9 Å². The number of aryl methyl sites for hydroxylation is 2. The molecule has 5 rings (SSSR count). The summed E-state index contributed by atoms with van der Waals surface area (Å²) in [6.07, 6.45) is 3.03. The molecule has 174 valence electrons. The molecule has 0 spiro atoms. The van der Waals surface area contributed by atoms with Gasteiger partial charge < -0.3 is 14.8 Å². The van der Waals surface area contributed by atoms with E-state index in [-0.39, 0.29) is 12.0 Å². The lowest BCUT2D eigenvalue weighted by Crippen LogP contribution is -2.18. The minimum absolute atomic E-state index is 0.0718. The van der Waals surface area contributed by atoms with E-state index in [2.05, 4.69) is 28.1 Å². The molecule has 6 heteroatoms. The fourth-order valence-electron chi connectivity index (χ4n) is 4.36. The van der Waals surface area contributed by atoms with Crippen molar-refractivity contribution in [3.8, 4) is 11.4 Å². The van der Waals surface area contributed by atoms with Gasteiger partial charge in [-0.25, -0.2) is 4.98 Å². The number of amides is 1. The van der Waals surface area contributed by atoms with Crippen LogP contribution in [0.2, 0.25) is 0 Å². The summed E-state index contributed by atoms with van der Waals surface area (Å²) in [5.74, 6) is 1.47. The number of anilines is 1. The van der Waals surface area contributed by atoms with Gasteiger partial charge in [-0.15, -0.1) is 0 Å². The van der Waals surface area contributed by atoms with Crippen molar-refractivity contribution in [3.63, 3.8) is 0 Å². The zero-order valence-corrected chi connectivity index (χ0v) is 19.4. The zero-order chi connectivity index (χ0) is 23.3. The van der Waals surface area contributed by atoms with Gasteiger partial charge in [-0.2, -0.15) is 0 Å². The summed E-state index contributed by atoms with van der Waals surface area (Å²) in [6.45, 7) is 3.30. The predicted molar refractivity (Wildman–Crippen MR) is 134 cm³/mol. The van der Waals surface area contributed by atoms with Crippen molar-refractivity contribution in [2.45, 2.75) is 38.7 Å². The van der Waals surface area contributed by atoms with Gasteiger partial charge in [0.15, 0.2) is 0 Å². The van der Waals surface area contributed by atoms with Gasteiger partial charge in [-0.3, -0.25) is 9.36 Å². The molecular weight excluding hydrogens is 426 g/mol. The van der Waals surface area contributed by atoms with Gasteiger partial charge in [-0.1, -0.05) is 36.4 Å². The summed E-state index contributed by atoms with van der Waals surface area (Å²) < 4.78 is 13.8. The maximum Gasteiger partial charge on any atom is 0.224 e. The van der Waals surface area contributed by atoms with Crippen molar-refractivity contribution in [1.82, 2.24) is 9.55 Å². The van der Waals surface area contributed by atoms with Crippen molar-refractivity contribution >= 4 is 22.6 Å². The molecule has 1 N–H and O–H groups in total. The number of benzene rings is 3. The highest BCUT2D eigenvalue weighted by atomic mass is 16.5. The fourth-order valence-corrected chi connectivity index (χ4v) is 4.36. The highest BCUT2D eigenvalue weighted by Gasteiger charge is 2.18. The number of fused-ring (bicyclic) bond motifs is 1. The average molecular weight is 456 g/mol. The maximum absolute atomic E-state index is 12.9. The number of carbonyl (C=O) groups is 1. The van der Waals surface area contributed by atoms with E-state index >= 15 is 0 Å². The third-order valence-corrected chi connectivity index (χ3v) is 6.08. The Bertz CT molecular complexity index is 1280. The standard InChI is InChI=1S/C28H29N3O3/c1-20-13-14-24(26(18-20)34-19-22-10-7-17-33-22)30-28(32)16-15-27-29-23-11-5-6-12-25(23)31(27)21-8-3-2-4-9-21/h2-6,8-9,11-14,18,22H,7,10,15-17,19H2,1H3,(H,30,32). The minimum atomic E-state index is -0.0718. The van der Waals surface area contributed by atoms with Gasteiger partial charge in [0, 0.05) is 25.1 Å². The summed E-state index contributed by atoms with van der Waals surface area (Å²) >= 11 is 0. The molecule has 1 unspecified atom stereocenters. The second-order valence-corrected chi connectivity index (χ2v) is 8.68. The molecule has 3 aromatic carbocycles. The van der Waals surface area contributed by atoms with E-state index in [0.717, 1.165) is 47.6 Å². The molecule has 1 aliphatic heterocycles. The Morgan fingerprint density at radius 3 is 2.76 bits per heavy atom. The topological polar surface area (TPSA) is 65.4 Å². The highest BCUT2D eigenvalue weighted by Crippen LogP contribution is 2.28. The molecule has 4 aromatic rings. The van der Waals surface area contributed by atoms with Crippen LogP contribution in [0, 0.1) is 6.92 Å². The molecule has 1 aromatic heterocycles. The second kappa shape index (κ2) is 10.1. The molecule has 6 nitrogen and oxygen atoms in total. The summed E-state index contributed by atoms with van der Waals surface area (Å²) in [5.41, 5.74) is 4.76. The van der Waals surface area contributed by atoms with Gasteiger partial charge in [0.2, 0.25) is 5.91 Å². The number of carbonyl (C=O) groups excluding carboxylic acids is 1. The van der Waals surface area contributed by atoms with Crippen LogP contribution in [0.5, 0.6) is 5.75 Å². The summed E-state index contributed by atoms with van der Waals surface area (Å²) in [5, 5.41) is 3.03. The number of aromatic nitrogens is 2. The first-order valence-electron chi connectivity index (χ1n) is 11.8. The number of nitrogens with one attached hydrogen (secondary N) is 1. The Labute approximate surface area is 199 Å². The molecule has 0 bridgehead atoms. The molecule has 1 atom stereocenters. The Morgan fingerprint density at radius 2 is 1.94 bits per heavy atom. The number of hydrogen-bond donors (Lipinski definition) is 1. The molecule has 1 aliphatic rings. The number of imidazole rings is 1. The number of hydrogen-bond acceptors (Lipinski definition) is 4. The first-order valence-corrected chi connectivity index (χ1v) is 11.8. The van der Waals surface area contributed by atoms with Gasteiger partial charge >= 0.3 is 0 Å². The fraction of sp³-hybridized carbons (Fsp3) is 0.286. The van der Waals surface area contributed by atoms with E-state index in [4.69, 9.17) is 14.5 Å². The molecule has 1 saturated heterocycles. The lowest BCUT2D eigenvalue weighted by Gasteiger charge is -2.16. The van der Waals surface area contributed by atoms with Gasteiger partial charge in [0.1, 0.15) is 18.2 Å². The van der Waals surface area contributed by atoms with Crippen LogP contribution >= 0.6 is 0 Å². The van der Waals surface area contributed by atoms with Crippen molar-refractivity contribution < 1.29 is 14.3 Å². The summed E-state index contributed by atoms with van der Waals surface area (Å²) in [6, 6.07) is 24.0. The van der Waals surface area contributed by atoms with E-state index in [1.54, 1.807) is 0 Å². The maximum atomic E-state index is 12.9. The SMILES string of the molecule is Cc1ccc(NC(=O)CCc2nc3ccccc3n2-c2ccccc2)c(OCC2CCCO2)c1. The highest BCUT2D eigenvalue weighted by molar-refractivity contribution is 5.92. The molecule has 34 heavy (non-hydrogen) atoms. The normalized spacial score (nSPS) is 15.5. The van der Waals surface area contributed by atoms with Crippen molar-refractivity contribution in [3.05, 3.63) is 84.2 Å². The molecule has 0 aliphatic carbocycles. The second-order valence-electron chi connectivity index (χ2n) is 8.68. The Balaban J connectivity index is 1.30. The smallest absolute Gasteiger partial charge is 0.224 e. The molecule has 2 heterocycles. The van der Waals surface area contributed by atoms with Crippen LogP contribution in [-0.2, 0) is 16.0 Å². The van der Waals surface area contributed by atoms with Gasteiger partial charge in [0.25, 0.3) is 0 Å². The largest absolute Gasteiger partial charge is 0.489 e. The number of nitrogens with zero attached hydrogens (tertiary/aromatic N) is 2. The predicted octanol–water partition coefficient (Wildman–Crippen LogP) is 5.46. The van der Waals surface area contributed by atoms with Crippen LogP contribution < -0.4 is 10.1 Å². The van der Waals surface area contributed by atoms with Crippen LogP contribution in [0.3, 0.4) is 0 Å². The van der Waals surface area contributed by atoms with E-state index < -0.39 is 0 Å². The van der Waals surface area contributed by atoms with Gasteiger partial charge in [0.05, 0.1) is 22.8 Å². The number of para-hydroxylation sites is 3. The Morgan fingerprint density at radius 1 is 1.12 bits per heavy atom. The first kappa shape index (κ1) is 22.2. The van der Waals surface area contributed by atoms with Crippen molar-refractivity contribution in [2.24, 2.45) is 0 Å². The Kier molecular flexibility index (Phi) is 6.58. The van der Waals surface area contributed by atoms with Crippen molar-refractivity contribution in [2.75, 3.05) is 18.5 Å². The molecule has 0 saturated carbocycles. The van der Waals surface area contributed by atoms with E-state index in [9.17, 15) is 4.79 Å². The van der Waals surface area contributed by atoms with Crippen LogP contribution in [0.25, 0.3) is 16.7 Å². The molecule has 1 amide bonds. The summed E-state index contributed by atoms with van der Waals surface area (Å²) in [4.78, 5) is 17.7. The monoisotopic (exact) mass is 455 g/mol. The van der Waals surface area contributed by atoms with Crippen LogP contribution in [0.4, 0.5) is 5.69 Å². The quantitative estimate of drug-likeness (QED) is 0.383. The first-order chi connectivity index (χ1) is 16.7. The minimum Gasteiger partial charge on any atom is -0.489 e. The summed E-state index contributed by atoms with van der Waals surface area (Å²) in [7, 11) is 0. The third-order valence-electron chi connectivity index (χ3n) is 6.08. The number of rotatable bonds is 8. The lowest BCUT2D eigenvalue weighted by atomic mass is 10.2. The molecular formula is C28H29N3O3. The number of ether oxygens (including phenoxy) is 2.